The Morgan fingerprint density at radius 3 is 1.98 bits per heavy atom. The van der Waals surface area contributed by atoms with Crippen molar-refractivity contribution in [2.45, 2.75) is 31.7 Å². The molecule has 0 aromatic heterocycles. The van der Waals surface area contributed by atoms with Gasteiger partial charge in [-0.25, -0.2) is 0 Å². The van der Waals surface area contributed by atoms with Crippen molar-refractivity contribution in [3.8, 4) is 11.1 Å². The first kappa shape index (κ1) is 37.3. The van der Waals surface area contributed by atoms with Gasteiger partial charge in [0.25, 0.3) is 0 Å². The molecule has 1 aliphatic heterocycles. The minimum absolute atomic E-state index is 0.0981. The lowest BCUT2D eigenvalue weighted by Gasteiger charge is -2.43. The van der Waals surface area contributed by atoms with Crippen LogP contribution in [0.3, 0.4) is 0 Å². The van der Waals surface area contributed by atoms with Crippen LogP contribution in [0.4, 0.5) is 0 Å². The molecule has 260 valence electrons. The Morgan fingerprint density at radius 2 is 1.38 bits per heavy atom. The van der Waals surface area contributed by atoms with Crippen LogP contribution in [0, 0.1) is 0 Å². The van der Waals surface area contributed by atoms with Crippen molar-refractivity contribution < 1.29 is 19.5 Å². The van der Waals surface area contributed by atoms with E-state index in [9.17, 15) is 19.5 Å². The summed E-state index contributed by atoms with van der Waals surface area (Å²) in [6.07, 6.45) is 1.19. The van der Waals surface area contributed by atoms with E-state index < -0.39 is 24.5 Å². The number of halogens is 4. The van der Waals surface area contributed by atoms with E-state index in [0.717, 1.165) is 27.8 Å². The minimum Gasteiger partial charge on any atom is -0.480 e. The number of nitrogens with zero attached hydrogens (tertiary/aromatic N) is 3. The van der Waals surface area contributed by atoms with Crippen LogP contribution in [0.5, 0.6) is 0 Å². The van der Waals surface area contributed by atoms with Gasteiger partial charge in [0.2, 0.25) is 11.8 Å². The maximum Gasteiger partial charge on any atom is 0.323 e. The Kier molecular flexibility index (Phi) is 12.9. The quantitative estimate of drug-likeness (QED) is 0.140. The van der Waals surface area contributed by atoms with Gasteiger partial charge in [-0.1, -0.05) is 120 Å². The fraction of sp³-hybridized carbons (Fsp3) is 0.256. The highest BCUT2D eigenvalue weighted by atomic mass is 35.5. The zero-order chi connectivity index (χ0) is 35.8. The van der Waals surface area contributed by atoms with E-state index in [0.29, 0.717) is 58.1 Å². The molecular weight excluding hydrogens is 716 g/mol. The molecule has 0 radical (unpaired) electrons. The Morgan fingerprint density at radius 1 is 0.780 bits per heavy atom. The van der Waals surface area contributed by atoms with E-state index in [4.69, 9.17) is 46.4 Å². The minimum atomic E-state index is -1.16. The number of rotatable bonds is 14. The average Bonchev–Trinajstić information content (AvgIpc) is 3.09. The van der Waals surface area contributed by atoms with Crippen molar-refractivity contribution in [3.05, 3.63) is 140 Å². The van der Waals surface area contributed by atoms with Crippen LogP contribution >= 0.6 is 46.4 Å². The summed E-state index contributed by atoms with van der Waals surface area (Å²) in [5.41, 5.74) is 5.57. The molecule has 11 heteroatoms. The molecule has 4 aromatic rings. The number of hydrogen-bond donors (Lipinski definition) is 1. The van der Waals surface area contributed by atoms with Gasteiger partial charge in [0.05, 0.1) is 13.0 Å². The molecule has 1 fully saturated rings. The number of hydrogen-bond acceptors (Lipinski definition) is 4. The summed E-state index contributed by atoms with van der Waals surface area (Å²) in [6, 6.07) is 27.8. The number of benzene rings is 4. The monoisotopic (exact) mass is 751 g/mol. The summed E-state index contributed by atoms with van der Waals surface area (Å²) in [5, 5.41) is 11.6. The van der Waals surface area contributed by atoms with Gasteiger partial charge in [-0.15, -0.1) is 0 Å². The number of carboxylic acid groups (broad SMARTS) is 1. The molecule has 5 rings (SSSR count). The topological polar surface area (TPSA) is 81.2 Å². The first-order valence-corrected chi connectivity index (χ1v) is 17.7. The molecule has 0 bridgehead atoms. The third-order valence-electron chi connectivity index (χ3n) is 8.83. The summed E-state index contributed by atoms with van der Waals surface area (Å²) >= 11 is 24.9. The highest BCUT2D eigenvalue weighted by molar-refractivity contribution is 6.35. The number of carbonyl (C=O) groups excluding carboxylic acids is 2. The van der Waals surface area contributed by atoms with Crippen LogP contribution in [0.1, 0.15) is 23.1 Å². The van der Waals surface area contributed by atoms with Crippen LogP contribution < -0.4 is 0 Å². The van der Waals surface area contributed by atoms with Gasteiger partial charge in [0, 0.05) is 45.4 Å². The number of piperazine rings is 1. The fourth-order valence-corrected chi connectivity index (χ4v) is 7.11. The molecule has 1 heterocycles. The molecule has 1 aliphatic rings. The van der Waals surface area contributed by atoms with E-state index in [1.807, 2.05) is 29.2 Å². The van der Waals surface area contributed by atoms with Crippen molar-refractivity contribution in [1.29, 1.82) is 0 Å². The molecule has 1 atom stereocenters. The highest BCUT2D eigenvalue weighted by Gasteiger charge is 2.38. The lowest BCUT2D eigenvalue weighted by atomic mass is 10.0. The standard InChI is InChI=1S/C39H37Cl4N3O4/c1-26-24-45(19-17-31-12-14-33(41)22-35(31)43)39(50)36(46(26)20-15-27-7-9-29(10-8-27)28-5-3-2-4-6-28)23-37(47)44(25-38(48)49)18-16-30-11-13-32(40)21-34(30)42/h2-14,21-22,36H,1,15-20,23-25H2,(H,48,49). The van der Waals surface area contributed by atoms with Crippen molar-refractivity contribution in [3.63, 3.8) is 0 Å². The second-order valence-corrected chi connectivity index (χ2v) is 13.9. The van der Waals surface area contributed by atoms with E-state index in [-0.39, 0.29) is 25.4 Å². The van der Waals surface area contributed by atoms with Crippen molar-refractivity contribution in [2.24, 2.45) is 0 Å². The smallest absolute Gasteiger partial charge is 0.323 e. The molecule has 50 heavy (non-hydrogen) atoms. The van der Waals surface area contributed by atoms with Crippen molar-refractivity contribution >= 4 is 64.2 Å². The molecule has 1 N–H and O–H groups in total. The molecule has 1 unspecified atom stereocenters. The molecular formula is C39H37Cl4N3O4. The van der Waals surface area contributed by atoms with Crippen LogP contribution in [0.2, 0.25) is 20.1 Å². The van der Waals surface area contributed by atoms with E-state index >= 15 is 0 Å². The molecule has 1 saturated heterocycles. The summed E-state index contributed by atoms with van der Waals surface area (Å²) in [7, 11) is 0. The SMILES string of the molecule is C=C1CN(CCc2ccc(Cl)cc2Cl)C(=O)C(CC(=O)N(CCc2ccc(Cl)cc2Cl)CC(=O)O)N1CCc1ccc(-c2ccccc2)cc1. The third-order valence-corrected chi connectivity index (χ3v) is 10.0. The Hall–Kier alpha value is -4.01. The first-order chi connectivity index (χ1) is 24.0. The molecule has 0 spiro atoms. The predicted molar refractivity (Wildman–Crippen MR) is 201 cm³/mol. The molecule has 7 nitrogen and oxygen atoms in total. The summed E-state index contributed by atoms with van der Waals surface area (Å²) in [5.74, 6) is -1.84. The van der Waals surface area contributed by atoms with E-state index in [1.54, 1.807) is 35.2 Å². The van der Waals surface area contributed by atoms with E-state index in [1.165, 1.54) is 4.90 Å². The maximum absolute atomic E-state index is 14.2. The Labute approximate surface area is 312 Å². The zero-order valence-corrected chi connectivity index (χ0v) is 30.4. The zero-order valence-electron chi connectivity index (χ0n) is 27.3. The second kappa shape index (κ2) is 17.3. The van der Waals surface area contributed by atoms with Gasteiger partial charge in [0.1, 0.15) is 12.6 Å². The third kappa shape index (κ3) is 9.82. The van der Waals surface area contributed by atoms with E-state index in [2.05, 4.69) is 43.0 Å². The molecule has 2 amide bonds. The summed E-state index contributed by atoms with van der Waals surface area (Å²) in [6.45, 7) is 4.99. The first-order valence-electron chi connectivity index (χ1n) is 16.2. The van der Waals surface area contributed by atoms with Gasteiger partial charge < -0.3 is 19.8 Å². The molecule has 0 saturated carbocycles. The number of amides is 2. The second-order valence-electron chi connectivity index (χ2n) is 12.2. The Balaban J connectivity index is 1.34. The average molecular weight is 754 g/mol. The fourth-order valence-electron chi connectivity index (χ4n) is 6.11. The molecule has 0 aliphatic carbocycles. The maximum atomic E-state index is 14.2. The van der Waals surface area contributed by atoms with Gasteiger partial charge in [0.15, 0.2) is 0 Å². The number of carboxylic acids is 1. The van der Waals surface area contributed by atoms with Crippen LogP contribution in [-0.4, -0.2) is 76.4 Å². The van der Waals surface area contributed by atoms with Gasteiger partial charge in [-0.2, -0.15) is 0 Å². The highest BCUT2D eigenvalue weighted by Crippen LogP contribution is 2.27. The normalized spacial score (nSPS) is 14.6. The summed E-state index contributed by atoms with van der Waals surface area (Å²) < 4.78 is 0. The van der Waals surface area contributed by atoms with Crippen molar-refractivity contribution in [1.82, 2.24) is 14.7 Å². The largest absolute Gasteiger partial charge is 0.480 e. The number of aliphatic carboxylic acids is 1. The van der Waals surface area contributed by atoms with Crippen LogP contribution in [0.15, 0.2) is 103 Å². The molecule has 4 aromatic carbocycles. The van der Waals surface area contributed by atoms with Crippen molar-refractivity contribution in [2.75, 3.05) is 32.7 Å². The van der Waals surface area contributed by atoms with Crippen LogP contribution in [-0.2, 0) is 33.6 Å². The number of carbonyl (C=O) groups is 3. The van der Waals surface area contributed by atoms with Gasteiger partial charge in [-0.05, 0) is 71.3 Å². The predicted octanol–water partition coefficient (Wildman–Crippen LogP) is 8.32. The van der Waals surface area contributed by atoms with Gasteiger partial charge >= 0.3 is 5.97 Å². The van der Waals surface area contributed by atoms with Crippen LogP contribution in [0.25, 0.3) is 11.1 Å². The summed E-state index contributed by atoms with van der Waals surface area (Å²) in [4.78, 5) is 44.7. The lowest BCUT2D eigenvalue weighted by Crippen LogP contribution is -2.57. The lowest BCUT2D eigenvalue weighted by molar-refractivity contribution is -0.148. The van der Waals surface area contributed by atoms with Gasteiger partial charge in [-0.3, -0.25) is 14.4 Å². The Bertz CT molecular complexity index is 1850.